The van der Waals surface area contributed by atoms with Crippen LogP contribution in [-0.2, 0) is 4.79 Å². The van der Waals surface area contributed by atoms with Crippen LogP contribution in [0.1, 0.15) is 20.9 Å². The molecule has 1 aromatic heterocycles. The predicted octanol–water partition coefficient (Wildman–Crippen LogP) is 2.52. The number of carbonyl (C=O) groups excluding carboxylic acids is 2. The SMILES string of the molecule is [2H]C([2H])([2H])Oc1nc(N[C@H]2CCN(C(=O)c3ccc(NC(=O)/C=C/CN(C)C)cc3)C2)ncc1Cl. The number of rotatable bonds is 8. The fourth-order valence-corrected chi connectivity index (χ4v) is 3.30. The Morgan fingerprint density at radius 2 is 2.16 bits per heavy atom. The zero-order valence-electron chi connectivity index (χ0n) is 20.8. The zero-order chi connectivity index (χ0) is 25.6. The summed E-state index contributed by atoms with van der Waals surface area (Å²) in [6.45, 7) is 1.60. The second kappa shape index (κ2) is 10.9. The molecule has 1 atom stereocenters. The molecule has 9 nitrogen and oxygen atoms in total. The van der Waals surface area contributed by atoms with Crippen molar-refractivity contribution in [3.05, 3.63) is 53.2 Å². The molecule has 1 fully saturated rings. The van der Waals surface area contributed by atoms with Gasteiger partial charge in [-0.15, -0.1) is 0 Å². The van der Waals surface area contributed by atoms with Gasteiger partial charge in [-0.25, -0.2) is 4.98 Å². The van der Waals surface area contributed by atoms with Gasteiger partial charge in [-0.3, -0.25) is 9.59 Å². The molecule has 2 heterocycles. The smallest absolute Gasteiger partial charge is 0.253 e. The van der Waals surface area contributed by atoms with Crippen LogP contribution in [0.25, 0.3) is 0 Å². The normalized spacial score (nSPS) is 17.7. The van der Waals surface area contributed by atoms with E-state index in [-0.39, 0.29) is 34.7 Å². The Bertz CT molecular complexity index is 1080. The summed E-state index contributed by atoms with van der Waals surface area (Å²) in [7, 11) is 1.14. The van der Waals surface area contributed by atoms with Crippen molar-refractivity contribution in [1.82, 2.24) is 19.8 Å². The predicted molar refractivity (Wildman–Crippen MR) is 124 cm³/mol. The Morgan fingerprint density at radius 1 is 1.38 bits per heavy atom. The average molecular weight is 462 g/mol. The second-order valence-electron chi connectivity index (χ2n) is 7.56. The van der Waals surface area contributed by atoms with Crippen LogP contribution >= 0.6 is 11.6 Å². The zero-order valence-corrected chi connectivity index (χ0v) is 18.6. The van der Waals surface area contributed by atoms with Crippen LogP contribution in [0.3, 0.4) is 0 Å². The molecule has 0 aliphatic carbocycles. The highest BCUT2D eigenvalue weighted by molar-refractivity contribution is 6.31. The van der Waals surface area contributed by atoms with E-state index in [4.69, 9.17) is 20.5 Å². The van der Waals surface area contributed by atoms with Gasteiger partial charge in [0.05, 0.1) is 17.3 Å². The van der Waals surface area contributed by atoms with E-state index in [1.807, 2.05) is 19.0 Å². The highest BCUT2D eigenvalue weighted by Gasteiger charge is 2.27. The molecule has 2 N–H and O–H groups in total. The molecule has 2 amide bonds. The van der Waals surface area contributed by atoms with E-state index < -0.39 is 7.04 Å². The van der Waals surface area contributed by atoms with Gasteiger partial charge in [0, 0.05) is 43.0 Å². The summed E-state index contributed by atoms with van der Waals surface area (Å²) < 4.78 is 26.4. The molecule has 3 rings (SSSR count). The first-order chi connectivity index (χ1) is 16.5. The van der Waals surface area contributed by atoms with Crippen LogP contribution in [0.2, 0.25) is 5.02 Å². The first kappa shape index (κ1) is 19.5. The van der Waals surface area contributed by atoms with Gasteiger partial charge < -0.3 is 25.2 Å². The van der Waals surface area contributed by atoms with Gasteiger partial charge in [0.25, 0.3) is 5.91 Å². The summed E-state index contributed by atoms with van der Waals surface area (Å²) in [6, 6.07) is 6.58. The number of likely N-dealkylation sites (N-methyl/N-ethyl adjacent to an activating group) is 1. The van der Waals surface area contributed by atoms with E-state index in [9.17, 15) is 9.59 Å². The Labute approximate surface area is 196 Å². The fraction of sp³-hybridized carbons (Fsp3) is 0.364. The van der Waals surface area contributed by atoms with Gasteiger partial charge in [0.15, 0.2) is 0 Å². The number of likely N-dealkylation sites (tertiary alicyclic amines) is 1. The van der Waals surface area contributed by atoms with Crippen molar-refractivity contribution < 1.29 is 18.4 Å². The molecule has 32 heavy (non-hydrogen) atoms. The number of nitrogens with zero attached hydrogens (tertiary/aromatic N) is 4. The molecule has 0 saturated carbocycles. The summed E-state index contributed by atoms with van der Waals surface area (Å²) in [5.74, 6) is -0.458. The van der Waals surface area contributed by atoms with Crippen molar-refractivity contribution in [3.8, 4) is 5.88 Å². The second-order valence-corrected chi connectivity index (χ2v) is 7.97. The molecule has 0 spiro atoms. The van der Waals surface area contributed by atoms with Crippen molar-refractivity contribution in [2.45, 2.75) is 12.5 Å². The van der Waals surface area contributed by atoms with Crippen molar-refractivity contribution >= 4 is 35.1 Å². The highest BCUT2D eigenvalue weighted by atomic mass is 35.5. The Balaban J connectivity index is 1.54. The largest absolute Gasteiger partial charge is 0.480 e. The van der Waals surface area contributed by atoms with E-state index in [1.54, 1.807) is 35.2 Å². The quantitative estimate of drug-likeness (QED) is 0.582. The van der Waals surface area contributed by atoms with Crippen LogP contribution < -0.4 is 15.4 Å². The first-order valence-electron chi connectivity index (χ1n) is 11.5. The number of hydrogen-bond donors (Lipinski definition) is 2. The summed E-state index contributed by atoms with van der Waals surface area (Å²) in [6.07, 6.45) is 5.15. The van der Waals surface area contributed by atoms with E-state index >= 15 is 0 Å². The lowest BCUT2D eigenvalue weighted by Gasteiger charge is -2.17. The molecule has 10 heteroatoms. The number of amides is 2. The lowest BCUT2D eigenvalue weighted by atomic mass is 10.2. The van der Waals surface area contributed by atoms with Crippen molar-refractivity contribution in [2.75, 3.05) is 51.4 Å². The summed E-state index contributed by atoms with van der Waals surface area (Å²) >= 11 is 5.92. The maximum Gasteiger partial charge on any atom is 0.253 e. The minimum Gasteiger partial charge on any atom is -0.480 e. The molecule has 1 aliphatic heterocycles. The van der Waals surface area contributed by atoms with E-state index in [0.29, 0.717) is 37.3 Å². The van der Waals surface area contributed by atoms with E-state index in [2.05, 4.69) is 20.6 Å². The maximum atomic E-state index is 12.9. The molecular formula is C22H27ClN6O3. The van der Waals surface area contributed by atoms with Crippen LogP contribution in [0.15, 0.2) is 42.6 Å². The van der Waals surface area contributed by atoms with Gasteiger partial charge in [-0.2, -0.15) is 4.98 Å². The summed E-state index contributed by atoms with van der Waals surface area (Å²) in [4.78, 5) is 36.6. The molecule has 0 unspecified atom stereocenters. The minimum atomic E-state index is -2.69. The lowest BCUT2D eigenvalue weighted by molar-refractivity contribution is -0.111. The number of ether oxygens (including phenoxy) is 1. The van der Waals surface area contributed by atoms with Crippen molar-refractivity contribution in [1.29, 1.82) is 0 Å². The Kier molecular flexibility index (Phi) is 6.66. The van der Waals surface area contributed by atoms with Crippen LogP contribution in [0.5, 0.6) is 5.88 Å². The van der Waals surface area contributed by atoms with Gasteiger partial charge in [-0.1, -0.05) is 17.7 Å². The van der Waals surface area contributed by atoms with E-state index in [0.717, 1.165) is 0 Å². The summed E-state index contributed by atoms with van der Waals surface area (Å²) in [5, 5.41) is 5.84. The van der Waals surface area contributed by atoms with Crippen LogP contribution in [-0.4, -0.2) is 78.4 Å². The standard InChI is InChI=1S/C22H27ClN6O3/c1-28(2)11-4-5-19(30)25-16-8-6-15(7-9-16)21(31)29-12-10-17(14-29)26-22-24-13-18(23)20(27-22)32-3/h4-9,13,17H,10-12,14H2,1-3H3,(H,25,30)(H,24,26,27)/b5-4+/t17-/m0/s1/i3D3. The van der Waals surface area contributed by atoms with Crippen LogP contribution in [0.4, 0.5) is 11.6 Å². The molecule has 0 bridgehead atoms. The third-order valence-corrected chi connectivity index (χ3v) is 5.02. The molecule has 1 aliphatic rings. The van der Waals surface area contributed by atoms with Crippen molar-refractivity contribution in [2.24, 2.45) is 0 Å². The van der Waals surface area contributed by atoms with Crippen LogP contribution in [0, 0.1) is 0 Å². The van der Waals surface area contributed by atoms with Gasteiger partial charge >= 0.3 is 0 Å². The molecule has 2 aromatic rings. The fourth-order valence-electron chi connectivity index (χ4n) is 3.17. The van der Waals surface area contributed by atoms with Gasteiger partial charge in [-0.05, 0) is 44.8 Å². The molecule has 0 radical (unpaired) electrons. The average Bonchev–Trinajstić information content (AvgIpc) is 3.23. The summed E-state index contributed by atoms with van der Waals surface area (Å²) in [5.41, 5.74) is 1.10. The highest BCUT2D eigenvalue weighted by Crippen LogP contribution is 2.23. The third-order valence-electron chi connectivity index (χ3n) is 4.76. The van der Waals surface area contributed by atoms with Crippen molar-refractivity contribution in [3.63, 3.8) is 0 Å². The molecular weight excluding hydrogens is 432 g/mol. The number of hydrogen-bond acceptors (Lipinski definition) is 7. The number of carbonyl (C=O) groups is 2. The number of aromatic nitrogens is 2. The Morgan fingerprint density at radius 3 is 2.88 bits per heavy atom. The topological polar surface area (TPSA) is 99.7 Å². The van der Waals surface area contributed by atoms with Gasteiger partial charge in [0.1, 0.15) is 5.02 Å². The Hall–Kier alpha value is -3.17. The first-order valence-corrected chi connectivity index (χ1v) is 10.4. The number of benzene rings is 1. The number of halogens is 1. The maximum absolute atomic E-state index is 12.9. The lowest BCUT2D eigenvalue weighted by Crippen LogP contribution is -2.31. The molecule has 170 valence electrons. The number of anilines is 2. The van der Waals surface area contributed by atoms with Gasteiger partial charge in [0.2, 0.25) is 17.7 Å². The minimum absolute atomic E-state index is 0.0147. The molecule has 1 aromatic carbocycles. The monoisotopic (exact) mass is 461 g/mol. The van der Waals surface area contributed by atoms with E-state index in [1.165, 1.54) is 12.3 Å². The molecule has 1 saturated heterocycles. The number of nitrogens with one attached hydrogen (secondary N) is 2. The third kappa shape index (κ3) is 6.41. The number of methoxy groups -OCH3 is 1.